The smallest absolute Gasteiger partial charge is 0.307 e. The second-order valence-corrected chi connectivity index (χ2v) is 6.17. The molecule has 0 aromatic carbocycles. The van der Waals surface area contributed by atoms with E-state index in [1.807, 2.05) is 23.6 Å². The van der Waals surface area contributed by atoms with Gasteiger partial charge in [-0.15, -0.1) is 11.3 Å². The van der Waals surface area contributed by atoms with Crippen LogP contribution in [0.1, 0.15) is 17.1 Å². The van der Waals surface area contributed by atoms with E-state index in [4.69, 9.17) is 9.52 Å². The summed E-state index contributed by atoms with van der Waals surface area (Å²) in [5.74, 6) is -1.21. The summed E-state index contributed by atoms with van der Waals surface area (Å²) >= 11 is 1.58. The fourth-order valence-corrected chi connectivity index (χ4v) is 3.09. The minimum atomic E-state index is -0.887. The van der Waals surface area contributed by atoms with Crippen LogP contribution in [-0.2, 0) is 22.7 Å². The lowest BCUT2D eigenvalue weighted by molar-refractivity contribution is -0.142. The first kappa shape index (κ1) is 13.9. The number of furan rings is 1. The van der Waals surface area contributed by atoms with Gasteiger partial charge in [-0.05, 0) is 30.0 Å². The maximum Gasteiger partial charge on any atom is 0.307 e. The summed E-state index contributed by atoms with van der Waals surface area (Å²) in [7, 11) is 0. The van der Waals surface area contributed by atoms with Crippen molar-refractivity contribution < 1.29 is 19.1 Å². The monoisotopic (exact) mass is 305 g/mol. The lowest BCUT2D eigenvalue weighted by Crippen LogP contribution is -2.32. The molecule has 2 aromatic heterocycles. The molecule has 1 fully saturated rings. The van der Waals surface area contributed by atoms with Crippen LogP contribution in [0.15, 0.2) is 40.3 Å². The van der Waals surface area contributed by atoms with Crippen LogP contribution in [0, 0.1) is 11.8 Å². The second kappa shape index (κ2) is 5.73. The van der Waals surface area contributed by atoms with E-state index in [1.54, 1.807) is 28.6 Å². The lowest BCUT2D eigenvalue weighted by Gasteiger charge is -2.21. The van der Waals surface area contributed by atoms with E-state index in [2.05, 4.69) is 0 Å². The van der Waals surface area contributed by atoms with Crippen molar-refractivity contribution in [3.63, 3.8) is 0 Å². The van der Waals surface area contributed by atoms with Gasteiger partial charge in [0.2, 0.25) is 5.91 Å². The molecule has 2 atom stereocenters. The average Bonchev–Trinajstić information content (AvgIpc) is 2.85. The number of carboxylic acid groups (broad SMARTS) is 1. The Morgan fingerprint density at radius 2 is 2.14 bits per heavy atom. The highest BCUT2D eigenvalue weighted by molar-refractivity contribution is 7.09. The second-order valence-electron chi connectivity index (χ2n) is 5.14. The molecular formula is C15H15NO4S. The zero-order valence-corrected chi connectivity index (χ0v) is 12.1. The van der Waals surface area contributed by atoms with Gasteiger partial charge in [-0.3, -0.25) is 9.59 Å². The van der Waals surface area contributed by atoms with Gasteiger partial charge in [-0.2, -0.15) is 0 Å². The molecule has 110 valence electrons. The predicted octanol–water partition coefficient (Wildman–Crippen LogP) is 2.59. The van der Waals surface area contributed by atoms with Crippen LogP contribution in [0.3, 0.4) is 0 Å². The molecule has 1 aliphatic rings. The maximum atomic E-state index is 12.5. The van der Waals surface area contributed by atoms with Crippen LogP contribution >= 0.6 is 11.3 Å². The third-order valence-corrected chi connectivity index (χ3v) is 4.45. The Labute approximate surface area is 125 Å². The van der Waals surface area contributed by atoms with Crippen LogP contribution in [-0.4, -0.2) is 21.9 Å². The molecule has 0 unspecified atom stereocenters. The average molecular weight is 305 g/mol. The van der Waals surface area contributed by atoms with Gasteiger partial charge < -0.3 is 14.4 Å². The van der Waals surface area contributed by atoms with Crippen LogP contribution in [0.5, 0.6) is 0 Å². The number of nitrogens with zero attached hydrogens (tertiary/aromatic N) is 1. The van der Waals surface area contributed by atoms with Crippen LogP contribution < -0.4 is 0 Å². The van der Waals surface area contributed by atoms with Crippen molar-refractivity contribution in [2.24, 2.45) is 11.8 Å². The Bertz CT molecular complexity index is 584. The van der Waals surface area contributed by atoms with Crippen molar-refractivity contribution in [1.29, 1.82) is 0 Å². The molecular weight excluding hydrogens is 290 g/mol. The number of aliphatic carboxylic acids is 1. The first-order valence-corrected chi connectivity index (χ1v) is 7.59. The Balaban J connectivity index is 1.72. The standard InChI is InChI=1S/C15H15NO4S/c17-14(12-7-13(12)15(18)19)16(8-10-3-1-5-20-10)9-11-4-2-6-21-11/h1-6,12-13H,7-9H2,(H,18,19)/t12-,13-/m1/s1. The minimum Gasteiger partial charge on any atom is -0.481 e. The van der Waals surface area contributed by atoms with Gasteiger partial charge in [0.1, 0.15) is 5.76 Å². The summed E-state index contributed by atoms with van der Waals surface area (Å²) in [5, 5.41) is 10.9. The molecule has 0 bridgehead atoms. The largest absolute Gasteiger partial charge is 0.481 e. The van der Waals surface area contributed by atoms with Crippen LogP contribution in [0.25, 0.3) is 0 Å². The van der Waals surface area contributed by atoms with E-state index in [0.29, 0.717) is 25.3 Å². The van der Waals surface area contributed by atoms with E-state index >= 15 is 0 Å². The van der Waals surface area contributed by atoms with Crippen molar-refractivity contribution in [3.8, 4) is 0 Å². The highest BCUT2D eigenvalue weighted by Gasteiger charge is 2.49. The van der Waals surface area contributed by atoms with E-state index in [-0.39, 0.29) is 5.91 Å². The van der Waals surface area contributed by atoms with Crippen molar-refractivity contribution in [1.82, 2.24) is 4.90 Å². The number of rotatable bonds is 6. The lowest BCUT2D eigenvalue weighted by atomic mass is 10.2. The fourth-order valence-electron chi connectivity index (χ4n) is 2.37. The Hall–Kier alpha value is -2.08. The van der Waals surface area contributed by atoms with E-state index in [1.165, 1.54) is 0 Å². The molecule has 6 heteroatoms. The SMILES string of the molecule is O=C(O)[C@@H]1C[C@H]1C(=O)N(Cc1ccco1)Cc1cccs1. The maximum absolute atomic E-state index is 12.5. The molecule has 0 aliphatic heterocycles. The van der Waals surface area contributed by atoms with Crippen molar-refractivity contribution in [2.75, 3.05) is 0 Å². The van der Waals surface area contributed by atoms with E-state index in [0.717, 1.165) is 4.88 Å². The van der Waals surface area contributed by atoms with E-state index < -0.39 is 17.8 Å². The Morgan fingerprint density at radius 3 is 2.71 bits per heavy atom. The molecule has 1 aliphatic carbocycles. The summed E-state index contributed by atoms with van der Waals surface area (Å²) in [6, 6.07) is 7.50. The summed E-state index contributed by atoms with van der Waals surface area (Å²) in [4.78, 5) is 26.2. The quantitative estimate of drug-likeness (QED) is 0.890. The molecule has 3 rings (SSSR count). The van der Waals surface area contributed by atoms with Gasteiger partial charge in [0.05, 0.1) is 31.2 Å². The zero-order valence-electron chi connectivity index (χ0n) is 11.3. The van der Waals surface area contributed by atoms with Crippen molar-refractivity contribution in [3.05, 3.63) is 46.5 Å². The zero-order chi connectivity index (χ0) is 14.8. The highest BCUT2D eigenvalue weighted by Crippen LogP contribution is 2.40. The summed E-state index contributed by atoms with van der Waals surface area (Å²) in [5.41, 5.74) is 0. The third kappa shape index (κ3) is 3.16. The third-order valence-electron chi connectivity index (χ3n) is 3.59. The molecule has 0 radical (unpaired) electrons. The van der Waals surface area contributed by atoms with Gasteiger partial charge in [0.15, 0.2) is 0 Å². The summed E-state index contributed by atoms with van der Waals surface area (Å²) in [6.07, 6.45) is 2.01. The molecule has 5 nitrogen and oxygen atoms in total. The summed E-state index contributed by atoms with van der Waals surface area (Å²) < 4.78 is 5.30. The topological polar surface area (TPSA) is 70.8 Å². The number of amides is 1. The first-order chi connectivity index (χ1) is 10.1. The molecule has 21 heavy (non-hydrogen) atoms. The molecule has 2 aromatic rings. The first-order valence-electron chi connectivity index (χ1n) is 6.71. The molecule has 1 N–H and O–H groups in total. The molecule has 2 heterocycles. The highest BCUT2D eigenvalue weighted by atomic mass is 32.1. The Morgan fingerprint density at radius 1 is 1.29 bits per heavy atom. The number of hydrogen-bond acceptors (Lipinski definition) is 4. The van der Waals surface area contributed by atoms with Gasteiger partial charge in [0.25, 0.3) is 0 Å². The van der Waals surface area contributed by atoms with Gasteiger partial charge in [-0.25, -0.2) is 0 Å². The fraction of sp³-hybridized carbons (Fsp3) is 0.333. The molecule has 1 amide bonds. The number of carbonyl (C=O) groups is 2. The van der Waals surface area contributed by atoms with E-state index in [9.17, 15) is 9.59 Å². The number of thiophene rings is 1. The van der Waals surface area contributed by atoms with Crippen molar-refractivity contribution in [2.45, 2.75) is 19.5 Å². The molecule has 0 saturated heterocycles. The van der Waals surface area contributed by atoms with Gasteiger partial charge >= 0.3 is 5.97 Å². The summed E-state index contributed by atoms with van der Waals surface area (Å²) in [6.45, 7) is 0.854. The predicted molar refractivity (Wildman–Crippen MR) is 76.5 cm³/mol. The van der Waals surface area contributed by atoms with Crippen LogP contribution in [0.2, 0.25) is 0 Å². The van der Waals surface area contributed by atoms with Crippen LogP contribution in [0.4, 0.5) is 0 Å². The number of carbonyl (C=O) groups excluding carboxylic acids is 1. The molecule has 0 spiro atoms. The van der Waals surface area contributed by atoms with Crippen molar-refractivity contribution >= 4 is 23.2 Å². The Kier molecular flexibility index (Phi) is 3.79. The molecule has 1 saturated carbocycles. The van der Waals surface area contributed by atoms with Gasteiger partial charge in [0, 0.05) is 4.88 Å². The van der Waals surface area contributed by atoms with Gasteiger partial charge in [-0.1, -0.05) is 6.07 Å². The normalized spacial score (nSPS) is 20.2. The minimum absolute atomic E-state index is 0.104. The number of carboxylic acids is 1. The number of hydrogen-bond donors (Lipinski definition) is 1.